The smallest absolute Gasteiger partial charge is 0.281 e. The summed E-state index contributed by atoms with van der Waals surface area (Å²) >= 11 is 1.59. The minimum Gasteiger partial charge on any atom is -0.373 e. The van der Waals surface area contributed by atoms with Crippen LogP contribution in [0.3, 0.4) is 0 Å². The van der Waals surface area contributed by atoms with Gasteiger partial charge in [-0.3, -0.25) is 4.90 Å². The molecule has 1 N–H and O–H groups in total. The third kappa shape index (κ3) is 2.81. The third-order valence-corrected chi connectivity index (χ3v) is 4.98. The lowest BCUT2D eigenvalue weighted by Gasteiger charge is -2.34. The first-order valence-corrected chi connectivity index (χ1v) is 8.80. The molecule has 0 atom stereocenters. The van der Waals surface area contributed by atoms with Gasteiger partial charge in [0.25, 0.3) is 5.82 Å². The Kier molecular flexibility index (Phi) is 4.31. The van der Waals surface area contributed by atoms with Gasteiger partial charge in [-0.25, -0.2) is 4.98 Å². The molecular weight excluding hydrogens is 298 g/mol. The Labute approximate surface area is 135 Å². The lowest BCUT2D eigenvalue weighted by molar-refractivity contribution is -0.415. The maximum atomic E-state index is 9.62. The molecule has 6 heteroatoms. The normalized spacial score (nSPS) is 20.4. The molecule has 1 fully saturated rings. The number of hydrogen-bond donors (Lipinski definition) is 0. The first-order chi connectivity index (χ1) is 10.6. The number of nitrogens with zero attached hydrogens (tertiary/aromatic N) is 2. The van der Waals surface area contributed by atoms with Crippen molar-refractivity contribution in [1.29, 1.82) is 5.26 Å². The van der Waals surface area contributed by atoms with Crippen molar-refractivity contribution in [1.82, 2.24) is 0 Å². The predicted octanol–water partition coefficient (Wildman–Crippen LogP) is 1.78. The fourth-order valence-corrected chi connectivity index (χ4v) is 3.67. The third-order valence-electron chi connectivity index (χ3n) is 4.26. The molecular formula is C16H22N3O2S+. The number of rotatable bonds is 2. The number of aromatic nitrogens is 1. The number of hydrogen-bond acceptors (Lipinski definition) is 5. The number of nitriles is 1. The highest BCUT2D eigenvalue weighted by atomic mass is 32.2. The van der Waals surface area contributed by atoms with Gasteiger partial charge >= 0.3 is 0 Å². The van der Waals surface area contributed by atoms with Crippen molar-refractivity contribution in [3.8, 4) is 6.07 Å². The zero-order valence-corrected chi connectivity index (χ0v) is 14.2. The molecule has 2 aliphatic heterocycles. The lowest BCUT2D eigenvalue weighted by Crippen LogP contribution is -2.43. The van der Waals surface area contributed by atoms with E-state index in [-0.39, 0.29) is 5.60 Å². The van der Waals surface area contributed by atoms with Crippen molar-refractivity contribution >= 4 is 17.6 Å². The molecule has 118 valence electrons. The van der Waals surface area contributed by atoms with Crippen LogP contribution in [-0.4, -0.2) is 38.2 Å². The average molecular weight is 320 g/mol. The molecule has 0 spiro atoms. The Balaban J connectivity index is 2.13. The van der Waals surface area contributed by atoms with Crippen LogP contribution in [0.25, 0.3) is 0 Å². The van der Waals surface area contributed by atoms with Gasteiger partial charge in [0.2, 0.25) is 0 Å². The summed E-state index contributed by atoms with van der Waals surface area (Å²) in [5, 5.41) is 10.6. The Morgan fingerprint density at radius 3 is 2.64 bits per heavy atom. The summed E-state index contributed by atoms with van der Waals surface area (Å²) in [6.45, 7) is 7.93. The van der Waals surface area contributed by atoms with Gasteiger partial charge in [0.15, 0.2) is 5.03 Å². The molecule has 22 heavy (non-hydrogen) atoms. The first kappa shape index (κ1) is 15.6. The first-order valence-electron chi connectivity index (χ1n) is 7.57. The van der Waals surface area contributed by atoms with E-state index in [0.29, 0.717) is 6.61 Å². The molecule has 0 amide bonds. The second-order valence-corrected chi connectivity index (χ2v) is 7.09. The van der Waals surface area contributed by atoms with E-state index in [1.807, 2.05) is 6.26 Å². The van der Waals surface area contributed by atoms with Gasteiger partial charge < -0.3 is 9.47 Å². The van der Waals surface area contributed by atoms with E-state index in [1.165, 1.54) is 0 Å². The molecule has 1 aromatic heterocycles. The van der Waals surface area contributed by atoms with Crippen LogP contribution in [0.1, 0.15) is 30.5 Å². The van der Waals surface area contributed by atoms with Crippen molar-refractivity contribution in [2.45, 2.75) is 37.5 Å². The maximum Gasteiger partial charge on any atom is 0.281 e. The number of thioether (sulfide) groups is 1. The predicted molar refractivity (Wildman–Crippen MR) is 85.1 cm³/mol. The Morgan fingerprint density at radius 2 is 2.00 bits per heavy atom. The quantitative estimate of drug-likeness (QED) is 0.778. The second kappa shape index (κ2) is 6.07. The molecule has 1 aromatic rings. The molecule has 1 saturated heterocycles. The maximum absolute atomic E-state index is 9.62. The van der Waals surface area contributed by atoms with Crippen LogP contribution < -0.4 is 9.88 Å². The zero-order valence-electron chi connectivity index (χ0n) is 13.4. The summed E-state index contributed by atoms with van der Waals surface area (Å²) in [6, 6.07) is 2.39. The summed E-state index contributed by atoms with van der Waals surface area (Å²) in [7, 11) is 0. The summed E-state index contributed by atoms with van der Waals surface area (Å²) in [6.07, 6.45) is 2.78. The summed E-state index contributed by atoms with van der Waals surface area (Å²) < 4.78 is 11.5. The van der Waals surface area contributed by atoms with Crippen LogP contribution in [0.15, 0.2) is 5.03 Å². The molecule has 5 nitrogen and oxygen atoms in total. The Hall–Kier alpha value is -1.29. The number of H-pyrrole nitrogens is 1. The van der Waals surface area contributed by atoms with Crippen molar-refractivity contribution in [2.24, 2.45) is 0 Å². The van der Waals surface area contributed by atoms with Crippen molar-refractivity contribution < 1.29 is 14.5 Å². The van der Waals surface area contributed by atoms with Crippen LogP contribution in [0.4, 0.5) is 5.82 Å². The molecule has 0 unspecified atom stereocenters. The molecule has 0 aliphatic carbocycles. The number of aromatic amines is 1. The minimum absolute atomic E-state index is 0.224. The average Bonchev–Trinajstić information content (AvgIpc) is 2.53. The van der Waals surface area contributed by atoms with Crippen LogP contribution in [0.2, 0.25) is 0 Å². The highest BCUT2D eigenvalue weighted by Gasteiger charge is 2.36. The van der Waals surface area contributed by atoms with Gasteiger partial charge in [-0.1, -0.05) is 11.8 Å². The lowest BCUT2D eigenvalue weighted by atomic mass is 9.89. The number of fused-ring (bicyclic) bond motifs is 1. The van der Waals surface area contributed by atoms with Crippen LogP contribution in [0.5, 0.6) is 0 Å². The molecule has 0 aromatic carbocycles. The SMILES string of the molecule is CSc1[nH+]c(N2CCOCC2)c2c(c1C#N)CC(C)(C)OC2. The monoisotopic (exact) mass is 320 g/mol. The molecule has 3 heterocycles. The number of nitrogens with one attached hydrogen (secondary N) is 1. The van der Waals surface area contributed by atoms with E-state index in [0.717, 1.165) is 60.3 Å². The largest absolute Gasteiger partial charge is 0.373 e. The Bertz CT molecular complexity index is 619. The van der Waals surface area contributed by atoms with E-state index in [4.69, 9.17) is 9.47 Å². The summed E-state index contributed by atoms with van der Waals surface area (Å²) in [5.41, 5.74) is 2.83. The van der Waals surface area contributed by atoms with E-state index in [1.54, 1.807) is 11.8 Å². The van der Waals surface area contributed by atoms with Crippen molar-refractivity contribution in [3.05, 3.63) is 16.7 Å². The second-order valence-electron chi connectivity index (χ2n) is 6.28. The topological polar surface area (TPSA) is 59.6 Å². The number of anilines is 1. The van der Waals surface area contributed by atoms with E-state index < -0.39 is 0 Å². The van der Waals surface area contributed by atoms with Crippen LogP contribution >= 0.6 is 11.8 Å². The molecule has 0 bridgehead atoms. The van der Waals surface area contributed by atoms with Gasteiger partial charge in [-0.05, 0) is 25.7 Å². The van der Waals surface area contributed by atoms with E-state index in [9.17, 15) is 5.26 Å². The Morgan fingerprint density at radius 1 is 1.27 bits per heavy atom. The number of ether oxygens (including phenoxy) is 2. The van der Waals surface area contributed by atoms with Crippen molar-refractivity contribution in [3.63, 3.8) is 0 Å². The molecule has 2 aliphatic rings. The van der Waals surface area contributed by atoms with Gasteiger partial charge in [-0.2, -0.15) is 5.26 Å². The van der Waals surface area contributed by atoms with E-state index >= 15 is 0 Å². The fourth-order valence-electron chi connectivity index (χ4n) is 3.10. The van der Waals surface area contributed by atoms with Gasteiger partial charge in [0, 0.05) is 6.42 Å². The van der Waals surface area contributed by atoms with Crippen LogP contribution in [-0.2, 0) is 22.5 Å². The highest BCUT2D eigenvalue weighted by molar-refractivity contribution is 7.98. The standard InChI is InChI=1S/C16H21N3O2S/c1-16(2)8-11-12(9-17)15(22-3)18-14(13(11)10-21-16)19-4-6-20-7-5-19/h4-8,10H2,1-3H3/p+1. The van der Waals surface area contributed by atoms with Gasteiger partial charge in [-0.15, -0.1) is 0 Å². The fraction of sp³-hybridized carbons (Fsp3) is 0.625. The number of morpholine rings is 1. The molecule has 3 rings (SSSR count). The number of pyridine rings is 1. The van der Waals surface area contributed by atoms with Gasteiger partial charge in [0.1, 0.15) is 24.7 Å². The summed E-state index contributed by atoms with van der Waals surface area (Å²) in [5.74, 6) is 1.09. The summed E-state index contributed by atoms with van der Waals surface area (Å²) in [4.78, 5) is 5.78. The van der Waals surface area contributed by atoms with Gasteiger partial charge in [0.05, 0.1) is 31.0 Å². The minimum atomic E-state index is -0.224. The van der Waals surface area contributed by atoms with Crippen LogP contribution in [0, 0.1) is 11.3 Å². The van der Waals surface area contributed by atoms with E-state index in [2.05, 4.69) is 29.8 Å². The highest BCUT2D eigenvalue weighted by Crippen LogP contribution is 2.36. The molecule has 0 radical (unpaired) electrons. The van der Waals surface area contributed by atoms with Crippen molar-refractivity contribution in [2.75, 3.05) is 37.5 Å². The molecule has 0 saturated carbocycles. The zero-order chi connectivity index (χ0) is 15.7.